The number of carbonyl (C=O) groups is 2. The van der Waals surface area contributed by atoms with Crippen LogP contribution in [0.15, 0.2) is 33.9 Å². The van der Waals surface area contributed by atoms with Gasteiger partial charge in [-0.25, -0.2) is 4.79 Å². The van der Waals surface area contributed by atoms with Crippen molar-refractivity contribution in [3.63, 3.8) is 0 Å². The molecule has 154 valence electrons. The first kappa shape index (κ1) is 20.2. The lowest BCUT2D eigenvalue weighted by Crippen LogP contribution is -2.38. The van der Waals surface area contributed by atoms with Gasteiger partial charge in [0.15, 0.2) is 5.16 Å². The highest BCUT2D eigenvalue weighted by Crippen LogP contribution is 2.41. The molecule has 11 heteroatoms. The van der Waals surface area contributed by atoms with Crippen LogP contribution in [0.25, 0.3) is 0 Å². The molecule has 2 heterocycles. The number of rotatable bonds is 6. The third-order valence-corrected chi connectivity index (χ3v) is 6.01. The molecule has 1 aromatic carbocycles. The second kappa shape index (κ2) is 9.14. The van der Waals surface area contributed by atoms with Gasteiger partial charge in [-0.1, -0.05) is 27.7 Å². The van der Waals surface area contributed by atoms with Crippen LogP contribution in [0.3, 0.4) is 0 Å². The molecule has 2 aromatic rings. The van der Waals surface area contributed by atoms with Crippen LogP contribution in [0.4, 0.5) is 16.4 Å². The second-order valence-corrected chi connectivity index (χ2v) is 8.64. The highest BCUT2D eigenvalue weighted by molar-refractivity contribution is 9.10. The van der Waals surface area contributed by atoms with Gasteiger partial charge in [-0.3, -0.25) is 14.7 Å². The minimum Gasteiger partial charge on any atom is -0.378 e. The number of hydrogen-bond donors (Lipinski definition) is 2. The number of imide groups is 1. The Kier molecular flexibility index (Phi) is 6.36. The first-order valence-corrected chi connectivity index (χ1v) is 11.1. The molecule has 1 saturated heterocycles. The summed E-state index contributed by atoms with van der Waals surface area (Å²) in [5.74, 6) is 0.538. The Morgan fingerprint density at radius 2 is 1.90 bits per heavy atom. The van der Waals surface area contributed by atoms with Crippen molar-refractivity contribution in [2.45, 2.75) is 24.0 Å². The topological polar surface area (TPSA) is 101 Å². The summed E-state index contributed by atoms with van der Waals surface area (Å²) in [6, 6.07) is 6.93. The Morgan fingerprint density at radius 1 is 1.17 bits per heavy atom. The van der Waals surface area contributed by atoms with Gasteiger partial charge in [-0.05, 0) is 37.1 Å². The molecule has 0 atom stereocenters. The molecule has 9 nitrogen and oxygen atoms in total. The van der Waals surface area contributed by atoms with Crippen molar-refractivity contribution in [3.05, 3.63) is 28.7 Å². The molecule has 2 aliphatic rings. The third-order valence-electron chi connectivity index (χ3n) is 4.54. The normalized spacial score (nSPS) is 16.5. The minimum atomic E-state index is -0.560. The van der Waals surface area contributed by atoms with Crippen molar-refractivity contribution in [2.24, 2.45) is 0 Å². The number of thioether (sulfide) groups is 1. The van der Waals surface area contributed by atoms with E-state index in [1.165, 1.54) is 11.8 Å². The molecule has 3 amide bonds. The zero-order valence-corrected chi connectivity index (χ0v) is 18.0. The first-order valence-electron chi connectivity index (χ1n) is 9.37. The summed E-state index contributed by atoms with van der Waals surface area (Å²) in [5, 5.41) is 14.3. The molecule has 0 bridgehead atoms. The van der Waals surface area contributed by atoms with E-state index in [9.17, 15) is 9.59 Å². The molecule has 1 aliphatic heterocycles. The van der Waals surface area contributed by atoms with E-state index in [4.69, 9.17) is 4.74 Å². The molecule has 1 saturated carbocycles. The van der Waals surface area contributed by atoms with Crippen molar-refractivity contribution in [3.8, 4) is 0 Å². The summed E-state index contributed by atoms with van der Waals surface area (Å²) >= 11 is 4.63. The average Bonchev–Trinajstić information content (AvgIpc) is 3.47. The summed E-state index contributed by atoms with van der Waals surface area (Å²) in [7, 11) is 0. The minimum absolute atomic E-state index is 0.0850. The van der Waals surface area contributed by atoms with Crippen molar-refractivity contribution in [2.75, 3.05) is 42.3 Å². The van der Waals surface area contributed by atoms with Crippen LogP contribution in [0, 0.1) is 0 Å². The molecule has 1 aromatic heterocycles. The number of amides is 3. The Balaban J connectivity index is 1.32. The van der Waals surface area contributed by atoms with E-state index in [1.54, 1.807) is 12.1 Å². The molecule has 1 aliphatic carbocycles. The van der Waals surface area contributed by atoms with Crippen LogP contribution in [-0.4, -0.2) is 58.8 Å². The van der Waals surface area contributed by atoms with Gasteiger partial charge in [0.05, 0.1) is 19.0 Å². The highest BCUT2D eigenvalue weighted by Gasteiger charge is 2.32. The van der Waals surface area contributed by atoms with E-state index in [1.807, 2.05) is 12.1 Å². The quantitative estimate of drug-likeness (QED) is 0.612. The Morgan fingerprint density at radius 3 is 2.59 bits per heavy atom. The van der Waals surface area contributed by atoms with Gasteiger partial charge in [0.1, 0.15) is 0 Å². The van der Waals surface area contributed by atoms with Gasteiger partial charge >= 0.3 is 6.03 Å². The number of morpholine rings is 1. The Labute approximate surface area is 180 Å². The number of hydrogen-bond acceptors (Lipinski definition) is 7. The molecular formula is C18H21BrN6O3S. The standard InChI is InChI=1S/C18H21BrN6O3S/c19-12-1-3-13(4-2-12)20-16(27)21-15(26)11-29-18-23-22-17(25(18)14-5-6-14)24-7-9-28-10-8-24/h1-4,14H,5-11H2,(H2,20,21,26,27). The maximum Gasteiger partial charge on any atom is 0.325 e. The maximum atomic E-state index is 12.2. The summed E-state index contributed by atoms with van der Waals surface area (Å²) in [4.78, 5) is 26.4. The van der Waals surface area contributed by atoms with Gasteiger partial charge in [0.2, 0.25) is 11.9 Å². The van der Waals surface area contributed by atoms with Crippen LogP contribution >= 0.6 is 27.7 Å². The van der Waals surface area contributed by atoms with Crippen molar-refractivity contribution < 1.29 is 14.3 Å². The van der Waals surface area contributed by atoms with Crippen LogP contribution in [0.5, 0.6) is 0 Å². The van der Waals surface area contributed by atoms with E-state index < -0.39 is 6.03 Å². The average molecular weight is 481 g/mol. The first-order chi connectivity index (χ1) is 14.1. The van der Waals surface area contributed by atoms with Gasteiger partial charge in [-0.15, -0.1) is 10.2 Å². The number of ether oxygens (including phenoxy) is 1. The number of nitrogens with zero attached hydrogens (tertiary/aromatic N) is 4. The van der Waals surface area contributed by atoms with Crippen LogP contribution in [-0.2, 0) is 9.53 Å². The molecular weight excluding hydrogens is 460 g/mol. The largest absolute Gasteiger partial charge is 0.378 e. The fourth-order valence-electron chi connectivity index (χ4n) is 2.99. The van der Waals surface area contributed by atoms with E-state index >= 15 is 0 Å². The Bertz CT molecular complexity index is 880. The summed E-state index contributed by atoms with van der Waals surface area (Å²) < 4.78 is 8.44. The van der Waals surface area contributed by atoms with Crippen molar-refractivity contribution in [1.82, 2.24) is 20.1 Å². The van der Waals surface area contributed by atoms with Gasteiger partial charge in [-0.2, -0.15) is 0 Å². The lowest BCUT2D eigenvalue weighted by Gasteiger charge is -2.27. The van der Waals surface area contributed by atoms with E-state index in [2.05, 4.69) is 46.2 Å². The smallest absolute Gasteiger partial charge is 0.325 e. The molecule has 2 fully saturated rings. The number of carbonyl (C=O) groups excluding carboxylic acids is 2. The summed E-state index contributed by atoms with van der Waals surface area (Å²) in [5.41, 5.74) is 0.606. The number of aromatic nitrogens is 3. The molecule has 0 spiro atoms. The second-order valence-electron chi connectivity index (χ2n) is 6.78. The molecule has 4 rings (SSSR count). The number of benzene rings is 1. The van der Waals surface area contributed by atoms with E-state index in [0.717, 1.165) is 36.4 Å². The zero-order chi connectivity index (χ0) is 20.2. The molecule has 0 unspecified atom stereocenters. The number of halogens is 1. The van der Waals surface area contributed by atoms with Crippen molar-refractivity contribution in [1.29, 1.82) is 0 Å². The van der Waals surface area contributed by atoms with E-state index in [-0.39, 0.29) is 11.7 Å². The Hall–Kier alpha value is -2.11. The molecule has 0 radical (unpaired) electrons. The highest BCUT2D eigenvalue weighted by atomic mass is 79.9. The van der Waals surface area contributed by atoms with Crippen molar-refractivity contribution >= 4 is 51.3 Å². The van der Waals surface area contributed by atoms with Gasteiger partial charge in [0, 0.05) is 29.3 Å². The monoisotopic (exact) mass is 480 g/mol. The zero-order valence-electron chi connectivity index (χ0n) is 15.6. The maximum absolute atomic E-state index is 12.2. The fraction of sp³-hybridized carbons (Fsp3) is 0.444. The number of anilines is 2. The molecule has 29 heavy (non-hydrogen) atoms. The summed E-state index contributed by atoms with van der Waals surface area (Å²) in [6.45, 7) is 2.92. The summed E-state index contributed by atoms with van der Waals surface area (Å²) in [6.07, 6.45) is 2.18. The lowest BCUT2D eigenvalue weighted by atomic mass is 10.3. The van der Waals surface area contributed by atoms with Crippen LogP contribution in [0.1, 0.15) is 18.9 Å². The third kappa shape index (κ3) is 5.28. The van der Waals surface area contributed by atoms with Gasteiger partial charge in [0.25, 0.3) is 0 Å². The lowest BCUT2D eigenvalue weighted by molar-refractivity contribution is -0.117. The fourth-order valence-corrected chi connectivity index (χ4v) is 4.05. The molecule has 2 N–H and O–H groups in total. The van der Waals surface area contributed by atoms with Gasteiger partial charge < -0.3 is 15.0 Å². The number of urea groups is 1. The van der Waals surface area contributed by atoms with E-state index in [0.29, 0.717) is 30.1 Å². The number of nitrogens with one attached hydrogen (secondary N) is 2. The van der Waals surface area contributed by atoms with Crippen LogP contribution in [0.2, 0.25) is 0 Å². The SMILES string of the molecule is O=C(CSc1nnc(N2CCOCC2)n1C1CC1)NC(=O)Nc1ccc(Br)cc1. The predicted molar refractivity (Wildman–Crippen MR) is 113 cm³/mol. The predicted octanol–water partition coefficient (Wildman–Crippen LogP) is 2.65. The van der Waals surface area contributed by atoms with Crippen LogP contribution < -0.4 is 15.5 Å².